The standard InChI is InChI=1S/C4H6Cl2O3/c1-3(7)8-9-4(2,5)6/h1-2H3. The van der Waals surface area contributed by atoms with Crippen LogP contribution in [-0.2, 0) is 14.6 Å². The molecule has 0 aromatic rings. The smallest absolute Gasteiger partial charge is 0.296 e. The molecule has 0 amide bonds. The topological polar surface area (TPSA) is 35.5 Å². The predicted molar refractivity (Wildman–Crippen MR) is 33.0 cm³/mol. The minimum atomic E-state index is -1.47. The molecule has 0 unspecified atom stereocenters. The number of hydrogen-bond acceptors (Lipinski definition) is 3. The highest BCUT2D eigenvalue weighted by molar-refractivity contribution is 6.46. The highest BCUT2D eigenvalue weighted by atomic mass is 35.5. The van der Waals surface area contributed by atoms with Gasteiger partial charge in [0, 0.05) is 6.92 Å². The summed E-state index contributed by atoms with van der Waals surface area (Å²) in [5.74, 6) is -0.595. The van der Waals surface area contributed by atoms with Crippen LogP contribution in [0.4, 0.5) is 0 Å². The van der Waals surface area contributed by atoms with Crippen LogP contribution >= 0.6 is 23.2 Å². The van der Waals surface area contributed by atoms with Crippen molar-refractivity contribution in [2.24, 2.45) is 0 Å². The summed E-state index contributed by atoms with van der Waals surface area (Å²) in [4.78, 5) is 18.2. The first kappa shape index (κ1) is 9.01. The monoisotopic (exact) mass is 172 g/mol. The van der Waals surface area contributed by atoms with Crippen LogP contribution in [0.5, 0.6) is 0 Å². The average Bonchev–Trinajstić information content (AvgIpc) is 1.59. The van der Waals surface area contributed by atoms with E-state index in [-0.39, 0.29) is 0 Å². The van der Waals surface area contributed by atoms with E-state index >= 15 is 0 Å². The van der Waals surface area contributed by atoms with E-state index in [4.69, 9.17) is 23.2 Å². The van der Waals surface area contributed by atoms with Crippen LogP contribution in [0.3, 0.4) is 0 Å². The summed E-state index contributed by atoms with van der Waals surface area (Å²) in [5.41, 5.74) is 0. The molecule has 0 atom stereocenters. The lowest BCUT2D eigenvalue weighted by Gasteiger charge is -2.09. The molecule has 3 nitrogen and oxygen atoms in total. The Kier molecular flexibility index (Phi) is 3.25. The van der Waals surface area contributed by atoms with Gasteiger partial charge in [0.1, 0.15) is 0 Å². The summed E-state index contributed by atoms with van der Waals surface area (Å²) in [7, 11) is 0. The summed E-state index contributed by atoms with van der Waals surface area (Å²) >= 11 is 10.5. The van der Waals surface area contributed by atoms with Gasteiger partial charge in [-0.25, -0.2) is 4.79 Å². The predicted octanol–water partition coefficient (Wildman–Crippen LogP) is 1.63. The van der Waals surface area contributed by atoms with E-state index in [9.17, 15) is 4.79 Å². The Balaban J connectivity index is 3.39. The molecule has 0 aliphatic heterocycles. The van der Waals surface area contributed by atoms with Gasteiger partial charge in [-0.3, -0.25) is 4.89 Å². The average molecular weight is 173 g/mol. The fourth-order valence-electron chi connectivity index (χ4n) is 0.132. The molecule has 0 N–H and O–H groups in total. The van der Waals surface area contributed by atoms with Crippen LogP contribution < -0.4 is 0 Å². The number of alkyl halides is 2. The maximum atomic E-state index is 10.0. The van der Waals surface area contributed by atoms with E-state index in [0.717, 1.165) is 0 Å². The van der Waals surface area contributed by atoms with Gasteiger partial charge in [-0.1, -0.05) is 23.2 Å². The van der Waals surface area contributed by atoms with Gasteiger partial charge >= 0.3 is 5.97 Å². The Morgan fingerprint density at radius 1 is 1.56 bits per heavy atom. The molecule has 0 spiro atoms. The number of carbonyl (C=O) groups is 1. The third-order valence-electron chi connectivity index (χ3n) is 0.305. The Hall–Kier alpha value is 0.01000. The molecule has 0 heterocycles. The maximum Gasteiger partial charge on any atom is 0.339 e. The molecule has 0 aliphatic carbocycles. The minimum absolute atomic E-state index is 0.595. The lowest BCUT2D eigenvalue weighted by atomic mass is 10.8. The minimum Gasteiger partial charge on any atom is -0.296 e. The van der Waals surface area contributed by atoms with Gasteiger partial charge in [0.2, 0.25) is 0 Å². The van der Waals surface area contributed by atoms with Gasteiger partial charge < -0.3 is 0 Å². The first-order chi connectivity index (χ1) is 3.92. The molecule has 5 heteroatoms. The lowest BCUT2D eigenvalue weighted by Crippen LogP contribution is -2.14. The second kappa shape index (κ2) is 3.25. The van der Waals surface area contributed by atoms with Gasteiger partial charge in [0.05, 0.1) is 0 Å². The number of carbonyl (C=O) groups excluding carboxylic acids is 1. The van der Waals surface area contributed by atoms with Crippen molar-refractivity contribution in [3.63, 3.8) is 0 Å². The van der Waals surface area contributed by atoms with Gasteiger partial charge in [0.25, 0.3) is 4.52 Å². The molecule has 0 fully saturated rings. The van der Waals surface area contributed by atoms with Crippen molar-refractivity contribution in [3.05, 3.63) is 0 Å². The Morgan fingerprint density at radius 3 is 2.11 bits per heavy atom. The van der Waals surface area contributed by atoms with E-state index in [0.29, 0.717) is 0 Å². The normalized spacial score (nSPS) is 11.1. The van der Waals surface area contributed by atoms with Crippen LogP contribution in [0.25, 0.3) is 0 Å². The molecule has 0 bridgehead atoms. The van der Waals surface area contributed by atoms with Gasteiger partial charge in [-0.2, -0.15) is 0 Å². The highest BCUT2D eigenvalue weighted by Gasteiger charge is 2.19. The van der Waals surface area contributed by atoms with Crippen molar-refractivity contribution < 1.29 is 14.6 Å². The van der Waals surface area contributed by atoms with E-state index in [1.807, 2.05) is 0 Å². The van der Waals surface area contributed by atoms with Crippen LogP contribution in [0.15, 0.2) is 0 Å². The third kappa shape index (κ3) is 8.01. The Morgan fingerprint density at radius 2 is 2.00 bits per heavy atom. The molecular weight excluding hydrogens is 167 g/mol. The summed E-state index contributed by atoms with van der Waals surface area (Å²) in [5, 5.41) is 0. The molecule has 0 rings (SSSR count). The van der Waals surface area contributed by atoms with E-state index in [2.05, 4.69) is 9.78 Å². The number of rotatable bonds is 2. The molecular formula is C4H6Cl2O3. The van der Waals surface area contributed by atoms with Gasteiger partial charge in [-0.05, 0) is 6.92 Å². The van der Waals surface area contributed by atoms with Crippen molar-refractivity contribution in [1.82, 2.24) is 0 Å². The fraction of sp³-hybridized carbons (Fsp3) is 0.750. The first-order valence-corrected chi connectivity index (χ1v) is 2.91. The second-order valence-corrected chi connectivity index (χ2v) is 3.10. The summed E-state index contributed by atoms with van der Waals surface area (Å²) < 4.78 is -1.47. The molecule has 0 radical (unpaired) electrons. The second-order valence-electron chi connectivity index (χ2n) is 1.47. The van der Waals surface area contributed by atoms with E-state index < -0.39 is 10.5 Å². The van der Waals surface area contributed by atoms with Gasteiger partial charge in [0.15, 0.2) is 0 Å². The molecule has 0 aliphatic rings. The summed E-state index contributed by atoms with van der Waals surface area (Å²) in [6.45, 7) is 2.51. The first-order valence-electron chi connectivity index (χ1n) is 2.16. The fourth-order valence-corrected chi connectivity index (χ4v) is 0.195. The molecule has 54 valence electrons. The molecule has 0 saturated heterocycles. The zero-order valence-corrected chi connectivity index (χ0v) is 6.49. The zero-order chi connectivity index (χ0) is 7.49. The van der Waals surface area contributed by atoms with Crippen molar-refractivity contribution in [2.75, 3.05) is 0 Å². The maximum absolute atomic E-state index is 10.0. The highest BCUT2D eigenvalue weighted by Crippen LogP contribution is 2.20. The van der Waals surface area contributed by atoms with Crippen molar-refractivity contribution in [1.29, 1.82) is 0 Å². The SMILES string of the molecule is CC(=O)OOC(C)(Cl)Cl. The quantitative estimate of drug-likeness (QED) is 0.361. The van der Waals surface area contributed by atoms with Crippen molar-refractivity contribution in [3.8, 4) is 0 Å². The molecule has 0 saturated carbocycles. The zero-order valence-electron chi connectivity index (χ0n) is 4.98. The van der Waals surface area contributed by atoms with Crippen molar-refractivity contribution in [2.45, 2.75) is 18.4 Å². The van der Waals surface area contributed by atoms with Gasteiger partial charge in [-0.15, -0.1) is 4.89 Å². The summed E-state index contributed by atoms with van der Waals surface area (Å²) in [6, 6.07) is 0. The van der Waals surface area contributed by atoms with Crippen LogP contribution in [0.1, 0.15) is 13.8 Å². The van der Waals surface area contributed by atoms with Crippen LogP contribution in [0.2, 0.25) is 0 Å². The Labute approximate surface area is 62.8 Å². The molecule has 0 aromatic heterocycles. The Bertz CT molecular complexity index is 107. The third-order valence-corrected chi connectivity index (χ3v) is 0.431. The van der Waals surface area contributed by atoms with E-state index in [1.54, 1.807) is 0 Å². The van der Waals surface area contributed by atoms with Crippen LogP contribution in [-0.4, -0.2) is 10.5 Å². The lowest BCUT2D eigenvalue weighted by molar-refractivity contribution is -0.287. The molecule has 9 heavy (non-hydrogen) atoms. The van der Waals surface area contributed by atoms with Crippen molar-refractivity contribution >= 4 is 29.2 Å². The van der Waals surface area contributed by atoms with Crippen LogP contribution in [0, 0.1) is 0 Å². The number of hydrogen-bond donors (Lipinski definition) is 0. The summed E-state index contributed by atoms with van der Waals surface area (Å²) in [6.07, 6.45) is 0. The molecule has 0 aromatic carbocycles. The largest absolute Gasteiger partial charge is 0.339 e. The van der Waals surface area contributed by atoms with E-state index in [1.165, 1.54) is 13.8 Å². The number of halogens is 2.